The van der Waals surface area contributed by atoms with E-state index in [9.17, 15) is 4.79 Å². The van der Waals surface area contributed by atoms with Gasteiger partial charge < -0.3 is 14.5 Å². The monoisotopic (exact) mass is 260 g/mol. The normalized spacial score (nSPS) is 11.9. The van der Waals surface area contributed by atoms with E-state index < -0.39 is 0 Å². The second kappa shape index (κ2) is 6.04. The molecule has 2 aromatic rings. The molecule has 0 aliphatic rings. The summed E-state index contributed by atoms with van der Waals surface area (Å²) in [6, 6.07) is 7.27. The maximum atomic E-state index is 11.5. The number of hydrogen-bond donors (Lipinski definition) is 1. The van der Waals surface area contributed by atoms with Gasteiger partial charge in [-0.2, -0.15) is 0 Å². The van der Waals surface area contributed by atoms with Gasteiger partial charge in [0, 0.05) is 11.3 Å². The fourth-order valence-electron chi connectivity index (χ4n) is 1.79. The molecule has 1 N–H and O–H groups in total. The molecule has 0 radical (unpaired) electrons. The van der Waals surface area contributed by atoms with Crippen LogP contribution in [0.25, 0.3) is 11.3 Å². The standard InChI is InChI=1S/C14H16N2O3/c1-3-12(14(17)18-2)16-11-6-4-5-10(7-11)13-8-15-9-19-13/h4-9,12,16H,3H2,1-2H3. The highest BCUT2D eigenvalue weighted by Crippen LogP contribution is 2.22. The molecule has 5 nitrogen and oxygen atoms in total. The minimum absolute atomic E-state index is 0.271. The van der Waals surface area contributed by atoms with Crippen molar-refractivity contribution < 1.29 is 13.9 Å². The Bertz CT molecular complexity index is 537. The van der Waals surface area contributed by atoms with Crippen LogP contribution >= 0.6 is 0 Å². The van der Waals surface area contributed by atoms with Crippen LogP contribution < -0.4 is 5.32 Å². The van der Waals surface area contributed by atoms with Gasteiger partial charge in [0.25, 0.3) is 0 Å². The molecule has 5 heteroatoms. The molecule has 100 valence electrons. The zero-order valence-corrected chi connectivity index (χ0v) is 10.9. The van der Waals surface area contributed by atoms with Crippen molar-refractivity contribution in [1.29, 1.82) is 0 Å². The van der Waals surface area contributed by atoms with E-state index in [0.717, 1.165) is 11.3 Å². The Labute approximate surface area is 111 Å². The smallest absolute Gasteiger partial charge is 0.328 e. The van der Waals surface area contributed by atoms with Crippen LogP contribution in [-0.4, -0.2) is 24.1 Å². The van der Waals surface area contributed by atoms with E-state index in [4.69, 9.17) is 9.15 Å². The average Bonchev–Trinajstić information content (AvgIpc) is 2.98. The van der Waals surface area contributed by atoms with Crippen LogP contribution in [0.5, 0.6) is 0 Å². The molecule has 1 unspecified atom stereocenters. The molecule has 1 aromatic carbocycles. The Hall–Kier alpha value is -2.30. The van der Waals surface area contributed by atoms with Crippen LogP contribution in [0.4, 0.5) is 5.69 Å². The molecule has 2 rings (SSSR count). The topological polar surface area (TPSA) is 64.4 Å². The average molecular weight is 260 g/mol. The lowest BCUT2D eigenvalue weighted by atomic mass is 10.1. The number of carbonyl (C=O) groups excluding carboxylic acids is 1. The number of aromatic nitrogens is 1. The first-order valence-corrected chi connectivity index (χ1v) is 6.08. The lowest BCUT2D eigenvalue weighted by Crippen LogP contribution is -2.29. The lowest BCUT2D eigenvalue weighted by Gasteiger charge is -2.16. The van der Waals surface area contributed by atoms with Crippen LogP contribution in [0, 0.1) is 0 Å². The summed E-state index contributed by atoms with van der Waals surface area (Å²) >= 11 is 0. The van der Waals surface area contributed by atoms with Crippen molar-refractivity contribution in [3.63, 3.8) is 0 Å². The zero-order valence-electron chi connectivity index (χ0n) is 10.9. The Morgan fingerprint density at radius 3 is 3.00 bits per heavy atom. The lowest BCUT2D eigenvalue weighted by molar-refractivity contribution is -0.141. The Morgan fingerprint density at radius 2 is 2.37 bits per heavy atom. The highest BCUT2D eigenvalue weighted by molar-refractivity contribution is 5.79. The summed E-state index contributed by atoms with van der Waals surface area (Å²) in [5.74, 6) is 0.419. The van der Waals surface area contributed by atoms with Gasteiger partial charge in [-0.15, -0.1) is 0 Å². The third kappa shape index (κ3) is 3.13. The first kappa shape index (κ1) is 13.1. The Balaban J connectivity index is 2.17. The SMILES string of the molecule is CCC(Nc1cccc(-c2cnco2)c1)C(=O)OC. The minimum atomic E-state index is -0.352. The molecular weight excluding hydrogens is 244 g/mol. The molecule has 1 atom stereocenters. The Kier molecular flexibility index (Phi) is 4.18. The van der Waals surface area contributed by atoms with E-state index in [1.54, 1.807) is 6.20 Å². The van der Waals surface area contributed by atoms with Crippen molar-refractivity contribution in [3.05, 3.63) is 36.9 Å². The van der Waals surface area contributed by atoms with Crippen LogP contribution in [0.15, 0.2) is 41.3 Å². The van der Waals surface area contributed by atoms with Gasteiger partial charge in [0.2, 0.25) is 0 Å². The maximum Gasteiger partial charge on any atom is 0.328 e. The molecule has 1 heterocycles. The zero-order chi connectivity index (χ0) is 13.7. The van der Waals surface area contributed by atoms with Gasteiger partial charge >= 0.3 is 5.97 Å². The number of oxazole rings is 1. The molecule has 0 spiro atoms. The van der Waals surface area contributed by atoms with Crippen molar-refractivity contribution in [2.24, 2.45) is 0 Å². The predicted molar refractivity (Wildman–Crippen MR) is 71.7 cm³/mol. The van der Waals surface area contributed by atoms with Crippen molar-refractivity contribution in [1.82, 2.24) is 4.98 Å². The summed E-state index contributed by atoms with van der Waals surface area (Å²) in [4.78, 5) is 15.4. The molecule has 0 amide bonds. The van der Waals surface area contributed by atoms with E-state index >= 15 is 0 Å². The fourth-order valence-corrected chi connectivity index (χ4v) is 1.79. The Morgan fingerprint density at radius 1 is 1.53 bits per heavy atom. The third-order valence-electron chi connectivity index (χ3n) is 2.81. The maximum absolute atomic E-state index is 11.5. The van der Waals surface area contributed by atoms with E-state index in [-0.39, 0.29) is 12.0 Å². The van der Waals surface area contributed by atoms with Gasteiger partial charge in [0.1, 0.15) is 6.04 Å². The van der Waals surface area contributed by atoms with Crippen molar-refractivity contribution in [2.75, 3.05) is 12.4 Å². The number of esters is 1. The molecule has 0 fully saturated rings. The second-order valence-electron chi connectivity index (χ2n) is 4.07. The third-order valence-corrected chi connectivity index (χ3v) is 2.81. The van der Waals surface area contributed by atoms with Gasteiger partial charge in [-0.25, -0.2) is 9.78 Å². The molecular formula is C14H16N2O3. The summed E-state index contributed by atoms with van der Waals surface area (Å²) in [7, 11) is 1.39. The number of hydrogen-bond acceptors (Lipinski definition) is 5. The molecule has 0 saturated carbocycles. The number of carbonyl (C=O) groups is 1. The predicted octanol–water partition coefficient (Wildman–Crippen LogP) is 2.71. The van der Waals surface area contributed by atoms with Gasteiger partial charge in [-0.1, -0.05) is 19.1 Å². The summed E-state index contributed by atoms with van der Waals surface area (Å²) in [5.41, 5.74) is 1.74. The number of rotatable bonds is 5. The molecule has 0 aliphatic heterocycles. The van der Waals surface area contributed by atoms with Gasteiger partial charge in [0.15, 0.2) is 12.2 Å². The van der Waals surface area contributed by atoms with Crippen LogP contribution in [0.1, 0.15) is 13.3 Å². The molecule has 0 aliphatic carbocycles. The number of nitrogens with zero attached hydrogens (tertiary/aromatic N) is 1. The van der Waals surface area contributed by atoms with Crippen molar-refractivity contribution in [3.8, 4) is 11.3 Å². The van der Waals surface area contributed by atoms with Crippen molar-refractivity contribution >= 4 is 11.7 Å². The number of anilines is 1. The summed E-state index contributed by atoms with van der Waals surface area (Å²) < 4.78 is 9.99. The molecule has 1 aromatic heterocycles. The van der Waals surface area contributed by atoms with Crippen molar-refractivity contribution in [2.45, 2.75) is 19.4 Å². The number of benzene rings is 1. The molecule has 19 heavy (non-hydrogen) atoms. The first-order valence-electron chi connectivity index (χ1n) is 6.08. The quantitative estimate of drug-likeness (QED) is 0.837. The van der Waals surface area contributed by atoms with Crippen LogP contribution in [0.2, 0.25) is 0 Å². The minimum Gasteiger partial charge on any atom is -0.467 e. The molecule has 0 saturated heterocycles. The van der Waals surface area contributed by atoms with Crippen LogP contribution in [0.3, 0.4) is 0 Å². The van der Waals surface area contributed by atoms with E-state index in [2.05, 4.69) is 10.3 Å². The largest absolute Gasteiger partial charge is 0.467 e. The highest BCUT2D eigenvalue weighted by Gasteiger charge is 2.16. The van der Waals surface area contributed by atoms with Crippen LogP contribution in [-0.2, 0) is 9.53 Å². The van der Waals surface area contributed by atoms with E-state index in [1.807, 2.05) is 31.2 Å². The number of nitrogens with one attached hydrogen (secondary N) is 1. The summed E-state index contributed by atoms with van der Waals surface area (Å²) in [6.07, 6.45) is 3.69. The van der Waals surface area contributed by atoms with E-state index in [1.165, 1.54) is 13.5 Å². The molecule has 0 bridgehead atoms. The van der Waals surface area contributed by atoms with Gasteiger partial charge in [-0.3, -0.25) is 0 Å². The second-order valence-corrected chi connectivity index (χ2v) is 4.07. The summed E-state index contributed by atoms with van der Waals surface area (Å²) in [5, 5.41) is 3.15. The number of methoxy groups -OCH3 is 1. The highest BCUT2D eigenvalue weighted by atomic mass is 16.5. The summed E-state index contributed by atoms with van der Waals surface area (Å²) in [6.45, 7) is 1.93. The van der Waals surface area contributed by atoms with E-state index in [0.29, 0.717) is 12.2 Å². The fraction of sp³-hybridized carbons (Fsp3) is 0.286. The van der Waals surface area contributed by atoms with Gasteiger partial charge in [0.05, 0.1) is 13.3 Å². The van der Waals surface area contributed by atoms with Gasteiger partial charge in [-0.05, 0) is 18.6 Å². The number of ether oxygens (including phenoxy) is 1. The first-order chi connectivity index (χ1) is 9.24.